The summed E-state index contributed by atoms with van der Waals surface area (Å²) in [6, 6.07) is -0.113. The molecule has 0 atom stereocenters. The molecule has 0 radical (unpaired) electrons. The molecule has 7 heavy (non-hydrogen) atoms. The van der Waals surface area contributed by atoms with E-state index in [1.807, 2.05) is 0 Å². The van der Waals surface area contributed by atoms with Crippen LogP contribution in [0.15, 0.2) is 11.9 Å². The first-order valence-corrected chi connectivity index (χ1v) is 3.31. The fourth-order valence-corrected chi connectivity index (χ4v) is 0.505. The first-order valence-electron chi connectivity index (χ1n) is 2.13. The van der Waals surface area contributed by atoms with Crippen LogP contribution in [-0.4, -0.2) is 9.79 Å². The number of rotatable bonds is 1. The molecule has 0 unspecified atom stereocenters. The lowest BCUT2D eigenvalue weighted by Crippen LogP contribution is -1.65. The summed E-state index contributed by atoms with van der Waals surface area (Å²) in [6.07, 6.45) is 0. The summed E-state index contributed by atoms with van der Waals surface area (Å²) >= 11 is 0. The first kappa shape index (κ1) is 5.04. The van der Waals surface area contributed by atoms with Crippen molar-refractivity contribution in [2.24, 2.45) is 0 Å². The van der Waals surface area contributed by atoms with Crippen LogP contribution in [0.5, 0.6) is 0 Å². The van der Waals surface area contributed by atoms with Gasteiger partial charge in [-0.25, -0.2) is 0 Å². The maximum Gasteiger partial charge on any atom is 0.348 e. The van der Waals surface area contributed by atoms with Gasteiger partial charge in [0.05, 0.1) is 1.37 Å². The van der Waals surface area contributed by atoms with Gasteiger partial charge >= 0.3 is 7.60 Å². The standard InChI is InChI=1S/C3H7O3P/c1-2-3-7(4,5)6/h2-3H,1H3,(H2,4,5,6)/b3-2+/i2D. The molecule has 0 aliphatic rings. The van der Waals surface area contributed by atoms with Crippen molar-refractivity contribution in [2.75, 3.05) is 0 Å². The second kappa shape index (κ2) is 2.26. The zero-order chi connectivity index (χ0) is 6.78. The van der Waals surface area contributed by atoms with E-state index in [0.717, 1.165) is 0 Å². The van der Waals surface area contributed by atoms with Crippen molar-refractivity contribution in [2.45, 2.75) is 6.92 Å². The molecule has 0 aromatic rings. The Kier molecular flexibility index (Phi) is 1.63. The third kappa shape index (κ3) is 5.89. The highest BCUT2D eigenvalue weighted by atomic mass is 31.2. The van der Waals surface area contributed by atoms with Crippen molar-refractivity contribution in [3.8, 4) is 0 Å². The molecule has 0 amide bonds. The lowest BCUT2D eigenvalue weighted by atomic mass is 10.8. The predicted molar refractivity (Wildman–Crippen MR) is 26.9 cm³/mol. The number of hydrogen-bond donors (Lipinski definition) is 2. The molecule has 0 bridgehead atoms. The van der Waals surface area contributed by atoms with Gasteiger partial charge in [0, 0.05) is 5.82 Å². The molecule has 4 heteroatoms. The molecule has 3 nitrogen and oxygen atoms in total. The van der Waals surface area contributed by atoms with E-state index in [1.165, 1.54) is 6.92 Å². The van der Waals surface area contributed by atoms with E-state index in [4.69, 9.17) is 11.2 Å². The van der Waals surface area contributed by atoms with E-state index in [2.05, 4.69) is 0 Å². The van der Waals surface area contributed by atoms with E-state index in [-0.39, 0.29) is 6.05 Å². The van der Waals surface area contributed by atoms with Crippen LogP contribution in [0.1, 0.15) is 8.29 Å². The Balaban J connectivity index is 4.11. The maximum atomic E-state index is 9.94. The minimum Gasteiger partial charge on any atom is -0.321 e. The topological polar surface area (TPSA) is 57.5 Å². The molecule has 0 aromatic heterocycles. The van der Waals surface area contributed by atoms with E-state index in [9.17, 15) is 4.57 Å². The van der Waals surface area contributed by atoms with Gasteiger partial charge in [0.15, 0.2) is 0 Å². The second-order valence-electron chi connectivity index (χ2n) is 1.01. The third-order valence-corrected chi connectivity index (χ3v) is 0.892. The van der Waals surface area contributed by atoms with Crippen LogP contribution in [0.4, 0.5) is 0 Å². The van der Waals surface area contributed by atoms with E-state index >= 15 is 0 Å². The van der Waals surface area contributed by atoms with Gasteiger partial charge in [-0.15, -0.1) is 0 Å². The zero-order valence-electron chi connectivity index (χ0n) is 4.83. The van der Waals surface area contributed by atoms with Gasteiger partial charge in [-0.1, -0.05) is 6.05 Å². The summed E-state index contributed by atoms with van der Waals surface area (Å²) < 4.78 is 16.5. The van der Waals surface area contributed by atoms with Gasteiger partial charge in [-0.2, -0.15) is 0 Å². The summed E-state index contributed by atoms with van der Waals surface area (Å²) in [7, 11) is -4.07. The van der Waals surface area contributed by atoms with E-state index in [0.29, 0.717) is 5.82 Å². The van der Waals surface area contributed by atoms with Crippen molar-refractivity contribution in [3.63, 3.8) is 0 Å². The molecule has 0 aromatic carbocycles. The molecule has 0 saturated carbocycles. The van der Waals surface area contributed by atoms with Gasteiger partial charge in [-0.3, -0.25) is 4.57 Å². The molecule has 0 rings (SSSR count). The van der Waals surface area contributed by atoms with Crippen LogP contribution in [0.3, 0.4) is 0 Å². The van der Waals surface area contributed by atoms with Crippen LogP contribution >= 0.6 is 7.60 Å². The predicted octanol–water partition coefficient (Wildman–Crippen LogP) is 0.698. The fourth-order valence-electron chi connectivity index (χ4n) is 0.168. The Hall–Kier alpha value is -0.110. The van der Waals surface area contributed by atoms with Gasteiger partial charge < -0.3 is 9.79 Å². The van der Waals surface area contributed by atoms with E-state index < -0.39 is 7.60 Å². The lowest BCUT2D eigenvalue weighted by Gasteiger charge is -1.89. The third-order valence-electron chi connectivity index (χ3n) is 0.297. The van der Waals surface area contributed by atoms with Crippen LogP contribution < -0.4 is 0 Å². The Labute approximate surface area is 43.2 Å². The van der Waals surface area contributed by atoms with Gasteiger partial charge in [-0.05, 0) is 6.92 Å². The van der Waals surface area contributed by atoms with Crippen LogP contribution in [0.25, 0.3) is 0 Å². The van der Waals surface area contributed by atoms with Gasteiger partial charge in [0.25, 0.3) is 0 Å². The second-order valence-corrected chi connectivity index (χ2v) is 2.44. The van der Waals surface area contributed by atoms with Gasteiger partial charge in [0.1, 0.15) is 0 Å². The van der Waals surface area contributed by atoms with Crippen molar-refractivity contribution >= 4 is 7.60 Å². The molecule has 0 saturated heterocycles. The average molecular weight is 123 g/mol. The Morgan fingerprint density at radius 1 is 1.86 bits per heavy atom. The van der Waals surface area contributed by atoms with Crippen LogP contribution in [0.2, 0.25) is 0 Å². The molecule has 0 heterocycles. The molecule has 42 valence electrons. The Morgan fingerprint density at radius 3 is 2.29 bits per heavy atom. The molecule has 0 fully saturated rings. The minimum absolute atomic E-state index is 0.113. The average Bonchev–Trinajstić information content (AvgIpc) is 1.21. The molecular weight excluding hydrogens is 115 g/mol. The minimum atomic E-state index is -4.07. The highest BCUT2D eigenvalue weighted by Gasteiger charge is 2.02. The zero-order valence-corrected chi connectivity index (χ0v) is 4.72. The quantitative estimate of drug-likeness (QED) is 0.504. The molecular formula is C3H7O3P. The van der Waals surface area contributed by atoms with Crippen LogP contribution in [0, 0.1) is 0 Å². The summed E-state index contributed by atoms with van der Waals surface area (Å²) in [5, 5.41) is 0. The normalized spacial score (nSPS) is 16.4. The molecule has 0 aliphatic heterocycles. The van der Waals surface area contributed by atoms with Crippen LogP contribution in [-0.2, 0) is 4.57 Å². The van der Waals surface area contributed by atoms with E-state index in [1.54, 1.807) is 0 Å². The maximum absolute atomic E-state index is 9.94. The highest BCUT2D eigenvalue weighted by molar-refractivity contribution is 7.55. The highest BCUT2D eigenvalue weighted by Crippen LogP contribution is 2.35. The number of allylic oxidation sites excluding steroid dienone is 1. The lowest BCUT2D eigenvalue weighted by molar-refractivity contribution is 0.386. The van der Waals surface area contributed by atoms with Crippen molar-refractivity contribution in [3.05, 3.63) is 11.9 Å². The largest absolute Gasteiger partial charge is 0.348 e. The smallest absolute Gasteiger partial charge is 0.321 e. The molecule has 0 aliphatic carbocycles. The SMILES string of the molecule is [2H]/C(C)=C\P(=O)(O)O. The first-order chi connectivity index (χ1) is 3.42. The Bertz CT molecular complexity index is 143. The van der Waals surface area contributed by atoms with Gasteiger partial charge in [0.2, 0.25) is 0 Å². The summed E-state index contributed by atoms with van der Waals surface area (Å²) in [6.45, 7) is 1.30. The fraction of sp³-hybridized carbons (Fsp3) is 0.333. The summed E-state index contributed by atoms with van der Waals surface area (Å²) in [5.41, 5.74) is 0. The number of hydrogen-bond acceptors (Lipinski definition) is 1. The molecule has 0 spiro atoms. The van der Waals surface area contributed by atoms with Crippen molar-refractivity contribution in [1.82, 2.24) is 0 Å². The monoisotopic (exact) mass is 123 g/mol. The summed E-state index contributed by atoms with van der Waals surface area (Å²) in [5.74, 6) is 0.604. The molecule has 2 N–H and O–H groups in total. The Morgan fingerprint density at radius 2 is 2.29 bits per heavy atom. The summed E-state index contributed by atoms with van der Waals surface area (Å²) in [4.78, 5) is 16.2. The van der Waals surface area contributed by atoms with Crippen molar-refractivity contribution in [1.29, 1.82) is 0 Å². The van der Waals surface area contributed by atoms with Crippen molar-refractivity contribution < 1.29 is 15.7 Å².